The molecule has 160 valence electrons. The van der Waals surface area contributed by atoms with Gasteiger partial charge in [-0.2, -0.15) is 0 Å². The first kappa shape index (κ1) is 21.2. The van der Waals surface area contributed by atoms with Crippen molar-refractivity contribution in [2.45, 2.75) is 18.4 Å². The molecule has 4 aromatic rings. The summed E-state index contributed by atoms with van der Waals surface area (Å²) in [5.74, 6) is -1.91. The number of nitrogens with two attached hydrogens (primary N) is 1. The number of hydrogen-bond donors (Lipinski definition) is 2. The Labute approximate surface area is 180 Å². The Morgan fingerprint density at radius 1 is 1.06 bits per heavy atom. The van der Waals surface area contributed by atoms with Gasteiger partial charge in [0.1, 0.15) is 0 Å². The van der Waals surface area contributed by atoms with Crippen molar-refractivity contribution in [3.05, 3.63) is 86.7 Å². The normalized spacial score (nSPS) is 11.9. The van der Waals surface area contributed by atoms with Crippen LogP contribution in [0, 0.1) is 18.6 Å². The van der Waals surface area contributed by atoms with Crippen LogP contribution < -0.4 is 10.7 Å². The van der Waals surface area contributed by atoms with Crippen LogP contribution in [-0.4, -0.2) is 18.2 Å². The first-order valence-electron chi connectivity index (χ1n) is 9.05. The number of nitrogens with zero attached hydrogens (tertiary/aromatic N) is 1. The van der Waals surface area contributed by atoms with Gasteiger partial charge in [-0.05, 0) is 53.9 Å². The Balaban J connectivity index is 1.78. The van der Waals surface area contributed by atoms with E-state index in [2.05, 4.69) is 5.10 Å². The van der Waals surface area contributed by atoms with E-state index < -0.39 is 21.7 Å². The minimum Gasteiger partial charge on any atom is -0.280 e. The Hall–Kier alpha value is -3.01. The van der Waals surface area contributed by atoms with E-state index in [-0.39, 0.29) is 22.0 Å². The molecule has 0 bridgehead atoms. The molecule has 0 saturated carbocycles. The summed E-state index contributed by atoms with van der Waals surface area (Å²) in [5.41, 5.74) is 2.14. The molecule has 0 atom stereocenters. The SMILES string of the molecule is Cc1c(S(N)(=O)=O)ccc(-c2ccc3c(c2)c(=O)[nH]n3Cc2ccc(F)c(F)c2)c1Cl. The highest BCUT2D eigenvalue weighted by Crippen LogP contribution is 2.34. The van der Waals surface area contributed by atoms with Crippen LogP contribution in [0.4, 0.5) is 8.78 Å². The van der Waals surface area contributed by atoms with Crippen molar-refractivity contribution in [1.29, 1.82) is 0 Å². The summed E-state index contributed by atoms with van der Waals surface area (Å²) >= 11 is 6.39. The van der Waals surface area contributed by atoms with Crippen molar-refractivity contribution in [2.75, 3.05) is 0 Å². The number of aromatic nitrogens is 2. The van der Waals surface area contributed by atoms with Gasteiger partial charge < -0.3 is 0 Å². The molecule has 0 amide bonds. The van der Waals surface area contributed by atoms with Gasteiger partial charge in [0.15, 0.2) is 11.6 Å². The molecule has 31 heavy (non-hydrogen) atoms. The molecule has 1 heterocycles. The topological polar surface area (TPSA) is 98.0 Å². The van der Waals surface area contributed by atoms with Crippen LogP contribution in [0.1, 0.15) is 11.1 Å². The molecular weight excluding hydrogens is 448 g/mol. The molecule has 0 saturated heterocycles. The predicted octanol–water partition coefficient (Wildman–Crippen LogP) is 3.93. The molecule has 10 heteroatoms. The van der Waals surface area contributed by atoms with E-state index in [0.717, 1.165) is 12.1 Å². The molecule has 1 aromatic heterocycles. The monoisotopic (exact) mass is 463 g/mol. The molecule has 0 aliphatic heterocycles. The highest BCUT2D eigenvalue weighted by atomic mass is 35.5. The number of aromatic amines is 1. The molecule has 0 radical (unpaired) electrons. The molecule has 0 spiro atoms. The standard InChI is InChI=1S/C21H16ClF2N3O3S/c1-11-19(31(25,29)30)7-4-14(20(11)22)13-3-6-18-15(9-13)21(28)26-27(18)10-12-2-5-16(23)17(24)8-12/h2-9H,10H2,1H3,(H,26,28)(H2,25,29,30). The second-order valence-electron chi connectivity index (χ2n) is 7.10. The lowest BCUT2D eigenvalue weighted by Gasteiger charge is -2.11. The lowest BCUT2D eigenvalue weighted by atomic mass is 10.0. The number of benzene rings is 3. The van der Waals surface area contributed by atoms with Gasteiger partial charge >= 0.3 is 0 Å². The third-order valence-electron chi connectivity index (χ3n) is 5.05. The molecule has 0 fully saturated rings. The fourth-order valence-corrected chi connectivity index (χ4v) is 4.62. The first-order valence-corrected chi connectivity index (χ1v) is 11.0. The Morgan fingerprint density at radius 3 is 2.48 bits per heavy atom. The van der Waals surface area contributed by atoms with Crippen molar-refractivity contribution in [3.8, 4) is 11.1 Å². The fraction of sp³-hybridized carbons (Fsp3) is 0.0952. The minimum atomic E-state index is -3.92. The average Bonchev–Trinajstić information content (AvgIpc) is 3.01. The van der Waals surface area contributed by atoms with Crippen molar-refractivity contribution < 1.29 is 17.2 Å². The van der Waals surface area contributed by atoms with Gasteiger partial charge in [-0.15, -0.1) is 0 Å². The highest BCUT2D eigenvalue weighted by Gasteiger charge is 2.18. The molecular formula is C21H16ClF2N3O3S. The number of nitrogens with one attached hydrogen (secondary N) is 1. The van der Waals surface area contributed by atoms with E-state index in [0.29, 0.717) is 33.2 Å². The van der Waals surface area contributed by atoms with Crippen molar-refractivity contribution in [3.63, 3.8) is 0 Å². The van der Waals surface area contributed by atoms with Gasteiger partial charge in [0.2, 0.25) is 10.0 Å². The summed E-state index contributed by atoms with van der Waals surface area (Å²) in [7, 11) is -3.92. The zero-order valence-electron chi connectivity index (χ0n) is 16.1. The molecule has 6 nitrogen and oxygen atoms in total. The lowest BCUT2D eigenvalue weighted by Crippen LogP contribution is -2.13. The summed E-state index contributed by atoms with van der Waals surface area (Å²) in [6.07, 6.45) is 0. The van der Waals surface area contributed by atoms with E-state index in [1.54, 1.807) is 25.1 Å². The van der Waals surface area contributed by atoms with Gasteiger partial charge in [0.25, 0.3) is 5.56 Å². The maximum atomic E-state index is 13.5. The zero-order chi connectivity index (χ0) is 22.5. The number of sulfonamides is 1. The van der Waals surface area contributed by atoms with Crippen LogP contribution in [0.15, 0.2) is 58.2 Å². The Bertz CT molecular complexity index is 1510. The first-order chi connectivity index (χ1) is 14.6. The van der Waals surface area contributed by atoms with E-state index in [1.807, 2.05) is 0 Å². The van der Waals surface area contributed by atoms with E-state index >= 15 is 0 Å². The minimum absolute atomic E-state index is 0.0714. The molecule has 3 N–H and O–H groups in total. The second-order valence-corrected chi connectivity index (χ2v) is 9.01. The summed E-state index contributed by atoms with van der Waals surface area (Å²) in [6, 6.07) is 11.5. The van der Waals surface area contributed by atoms with E-state index in [9.17, 15) is 22.0 Å². The summed E-state index contributed by atoms with van der Waals surface area (Å²) in [4.78, 5) is 12.4. The third-order valence-corrected chi connectivity index (χ3v) is 6.59. The smallest absolute Gasteiger partial charge is 0.272 e. The van der Waals surface area contributed by atoms with Crippen molar-refractivity contribution >= 4 is 32.5 Å². The van der Waals surface area contributed by atoms with Crippen molar-refractivity contribution in [1.82, 2.24) is 9.78 Å². The summed E-state index contributed by atoms with van der Waals surface area (Å²) < 4.78 is 51.6. The Morgan fingerprint density at radius 2 is 1.81 bits per heavy atom. The quantitative estimate of drug-likeness (QED) is 0.479. The molecule has 4 rings (SSSR count). The second kappa shape index (κ2) is 7.60. The van der Waals surface area contributed by atoms with Crippen LogP contribution in [0.3, 0.4) is 0 Å². The summed E-state index contributed by atoms with van der Waals surface area (Å²) in [5, 5.41) is 8.48. The average molecular weight is 464 g/mol. The van der Waals surface area contributed by atoms with Crippen LogP contribution >= 0.6 is 11.6 Å². The predicted molar refractivity (Wildman–Crippen MR) is 115 cm³/mol. The number of hydrogen-bond acceptors (Lipinski definition) is 3. The molecule has 3 aromatic carbocycles. The number of rotatable bonds is 4. The van der Waals surface area contributed by atoms with E-state index in [4.69, 9.17) is 16.7 Å². The number of halogens is 3. The van der Waals surface area contributed by atoms with Crippen LogP contribution in [0.5, 0.6) is 0 Å². The Kier molecular flexibility index (Phi) is 5.20. The molecule has 0 aliphatic carbocycles. The maximum absolute atomic E-state index is 13.5. The van der Waals surface area contributed by atoms with Crippen LogP contribution in [0.2, 0.25) is 5.02 Å². The zero-order valence-corrected chi connectivity index (χ0v) is 17.7. The molecule has 0 aliphatic rings. The van der Waals surface area contributed by atoms with Crippen LogP contribution in [0.25, 0.3) is 22.0 Å². The van der Waals surface area contributed by atoms with Gasteiger partial charge in [-0.1, -0.05) is 29.8 Å². The van der Waals surface area contributed by atoms with Crippen molar-refractivity contribution in [2.24, 2.45) is 5.14 Å². The third kappa shape index (κ3) is 3.87. The van der Waals surface area contributed by atoms with Gasteiger partial charge in [-0.25, -0.2) is 22.3 Å². The molecule has 0 unspecified atom stereocenters. The summed E-state index contributed by atoms with van der Waals surface area (Å²) in [6.45, 7) is 1.69. The van der Waals surface area contributed by atoms with Gasteiger partial charge in [-0.3, -0.25) is 14.6 Å². The largest absolute Gasteiger partial charge is 0.280 e. The van der Waals surface area contributed by atoms with Gasteiger partial charge in [0, 0.05) is 5.56 Å². The maximum Gasteiger partial charge on any atom is 0.272 e. The lowest BCUT2D eigenvalue weighted by molar-refractivity contribution is 0.506. The van der Waals surface area contributed by atoms with Gasteiger partial charge in [0.05, 0.1) is 27.4 Å². The van der Waals surface area contributed by atoms with Crippen LogP contribution in [-0.2, 0) is 16.6 Å². The number of primary sulfonamides is 1. The number of H-pyrrole nitrogens is 1. The fourth-order valence-electron chi connectivity index (χ4n) is 3.51. The van der Waals surface area contributed by atoms with E-state index in [1.165, 1.54) is 22.9 Å². The highest BCUT2D eigenvalue weighted by molar-refractivity contribution is 7.89. The number of fused-ring (bicyclic) bond motifs is 1.